The van der Waals surface area contributed by atoms with E-state index in [1.54, 1.807) is 13.8 Å². The number of rotatable bonds is 7. The number of hydrogen-bond donors (Lipinski definition) is 1. The number of aryl methyl sites for hydroxylation is 1. The molecule has 0 saturated carbocycles. The Morgan fingerprint density at radius 1 is 1.11 bits per heavy atom. The summed E-state index contributed by atoms with van der Waals surface area (Å²) in [5, 5.41) is 2.79. The van der Waals surface area contributed by atoms with Gasteiger partial charge in [0, 0.05) is 5.56 Å². The molecule has 1 atom stereocenters. The van der Waals surface area contributed by atoms with Crippen LogP contribution in [0.15, 0.2) is 42.5 Å². The number of hydrogen-bond acceptors (Lipinski definition) is 4. The van der Waals surface area contributed by atoms with Gasteiger partial charge < -0.3 is 14.8 Å². The van der Waals surface area contributed by atoms with Crippen LogP contribution in [0.5, 0.6) is 5.75 Å². The van der Waals surface area contributed by atoms with Crippen molar-refractivity contribution in [3.05, 3.63) is 65.0 Å². The van der Waals surface area contributed by atoms with Crippen molar-refractivity contribution in [2.24, 2.45) is 0 Å². The van der Waals surface area contributed by atoms with Crippen LogP contribution >= 0.6 is 0 Å². The Hall–Kier alpha value is -2.89. The van der Waals surface area contributed by atoms with Gasteiger partial charge in [0.25, 0.3) is 5.91 Å². The SMILES string of the molecule is COc1ccc(C(=O)NC(CC(=O)OC(C)C)c2ccc(C)cc2)cc1F. The summed E-state index contributed by atoms with van der Waals surface area (Å²) in [6, 6.07) is 10.9. The zero-order chi connectivity index (χ0) is 20.0. The molecule has 2 aromatic rings. The van der Waals surface area contributed by atoms with Gasteiger partial charge >= 0.3 is 5.97 Å². The molecule has 0 spiro atoms. The number of carbonyl (C=O) groups excluding carboxylic acids is 2. The van der Waals surface area contributed by atoms with E-state index < -0.39 is 23.7 Å². The van der Waals surface area contributed by atoms with E-state index in [2.05, 4.69) is 5.32 Å². The van der Waals surface area contributed by atoms with Crippen LogP contribution in [-0.4, -0.2) is 25.1 Å². The Balaban J connectivity index is 2.22. The normalized spacial score (nSPS) is 11.8. The van der Waals surface area contributed by atoms with E-state index >= 15 is 0 Å². The molecule has 0 fully saturated rings. The van der Waals surface area contributed by atoms with Gasteiger partial charge in [-0.25, -0.2) is 4.39 Å². The van der Waals surface area contributed by atoms with E-state index in [-0.39, 0.29) is 23.8 Å². The second-order valence-corrected chi connectivity index (χ2v) is 6.53. The average molecular weight is 373 g/mol. The van der Waals surface area contributed by atoms with Crippen LogP contribution in [0.4, 0.5) is 4.39 Å². The van der Waals surface area contributed by atoms with Crippen molar-refractivity contribution < 1.29 is 23.5 Å². The molecule has 27 heavy (non-hydrogen) atoms. The quantitative estimate of drug-likeness (QED) is 0.746. The minimum Gasteiger partial charge on any atom is -0.494 e. The summed E-state index contributed by atoms with van der Waals surface area (Å²) < 4.78 is 23.9. The summed E-state index contributed by atoms with van der Waals surface area (Å²) >= 11 is 0. The molecule has 0 aliphatic rings. The molecule has 1 amide bonds. The third-order valence-electron chi connectivity index (χ3n) is 3.94. The minimum atomic E-state index is -0.628. The molecule has 0 heterocycles. The summed E-state index contributed by atoms with van der Waals surface area (Å²) in [5.41, 5.74) is 1.97. The molecule has 2 rings (SSSR count). The van der Waals surface area contributed by atoms with Gasteiger partial charge in [0.15, 0.2) is 11.6 Å². The summed E-state index contributed by atoms with van der Waals surface area (Å²) in [6.45, 7) is 5.47. The number of methoxy groups -OCH3 is 1. The summed E-state index contributed by atoms with van der Waals surface area (Å²) in [6.07, 6.45) is -0.270. The van der Waals surface area contributed by atoms with Crippen LogP contribution in [0.2, 0.25) is 0 Å². The fourth-order valence-corrected chi connectivity index (χ4v) is 2.58. The van der Waals surface area contributed by atoms with E-state index in [9.17, 15) is 14.0 Å². The second kappa shape index (κ2) is 9.16. The van der Waals surface area contributed by atoms with Gasteiger partial charge in [0.2, 0.25) is 0 Å². The van der Waals surface area contributed by atoms with Crippen LogP contribution in [0.25, 0.3) is 0 Å². The predicted octanol–water partition coefficient (Wildman–Crippen LogP) is 3.96. The van der Waals surface area contributed by atoms with Crippen LogP contribution < -0.4 is 10.1 Å². The van der Waals surface area contributed by atoms with Crippen LogP contribution in [0, 0.1) is 12.7 Å². The minimum absolute atomic E-state index is 0.0222. The highest BCUT2D eigenvalue weighted by Crippen LogP contribution is 2.21. The van der Waals surface area contributed by atoms with Gasteiger partial charge in [-0.1, -0.05) is 29.8 Å². The summed E-state index contributed by atoms with van der Waals surface area (Å²) in [7, 11) is 1.35. The molecule has 0 aliphatic heterocycles. The standard InChI is InChI=1S/C21H24FNO4/c1-13(2)27-20(24)12-18(15-7-5-14(3)6-8-15)23-21(25)16-9-10-19(26-4)17(22)11-16/h5-11,13,18H,12H2,1-4H3,(H,23,25). The molecular formula is C21H24FNO4. The Kier molecular flexibility index (Phi) is 6.93. The second-order valence-electron chi connectivity index (χ2n) is 6.53. The fraction of sp³-hybridized carbons (Fsp3) is 0.333. The first-order valence-corrected chi connectivity index (χ1v) is 8.70. The fourth-order valence-electron chi connectivity index (χ4n) is 2.58. The van der Waals surface area contributed by atoms with Crippen LogP contribution in [0.1, 0.15) is 47.8 Å². The van der Waals surface area contributed by atoms with Gasteiger partial charge in [0.1, 0.15) is 0 Å². The smallest absolute Gasteiger partial charge is 0.308 e. The van der Waals surface area contributed by atoms with Crippen LogP contribution in [0.3, 0.4) is 0 Å². The van der Waals surface area contributed by atoms with Crippen molar-refractivity contribution >= 4 is 11.9 Å². The zero-order valence-electron chi connectivity index (χ0n) is 15.9. The lowest BCUT2D eigenvalue weighted by molar-refractivity contribution is -0.147. The van der Waals surface area contributed by atoms with Crippen molar-refractivity contribution in [3.8, 4) is 5.75 Å². The topological polar surface area (TPSA) is 64.6 Å². The number of esters is 1. The molecule has 0 bridgehead atoms. The van der Waals surface area contributed by atoms with Crippen LogP contribution in [-0.2, 0) is 9.53 Å². The van der Waals surface area contributed by atoms with E-state index in [1.807, 2.05) is 31.2 Å². The predicted molar refractivity (Wildman–Crippen MR) is 100 cm³/mol. The third-order valence-corrected chi connectivity index (χ3v) is 3.94. The first-order chi connectivity index (χ1) is 12.8. The molecule has 5 nitrogen and oxygen atoms in total. The van der Waals surface area contributed by atoms with Gasteiger partial charge in [-0.15, -0.1) is 0 Å². The van der Waals surface area contributed by atoms with Crippen molar-refractivity contribution in [3.63, 3.8) is 0 Å². The highest BCUT2D eigenvalue weighted by molar-refractivity contribution is 5.94. The maximum absolute atomic E-state index is 13.9. The van der Waals surface area contributed by atoms with E-state index in [4.69, 9.17) is 9.47 Å². The molecule has 0 radical (unpaired) electrons. The van der Waals surface area contributed by atoms with E-state index in [0.29, 0.717) is 0 Å². The summed E-state index contributed by atoms with van der Waals surface area (Å²) in [5.74, 6) is -1.48. The highest BCUT2D eigenvalue weighted by Gasteiger charge is 2.21. The highest BCUT2D eigenvalue weighted by atomic mass is 19.1. The maximum atomic E-state index is 13.9. The Morgan fingerprint density at radius 2 is 1.78 bits per heavy atom. The Labute approximate surface area is 158 Å². The van der Waals surface area contributed by atoms with Gasteiger partial charge in [-0.2, -0.15) is 0 Å². The molecule has 1 N–H and O–H groups in total. The Morgan fingerprint density at radius 3 is 2.33 bits per heavy atom. The number of carbonyl (C=O) groups is 2. The largest absolute Gasteiger partial charge is 0.494 e. The molecule has 2 aromatic carbocycles. The monoisotopic (exact) mass is 373 g/mol. The zero-order valence-corrected chi connectivity index (χ0v) is 15.9. The van der Waals surface area contributed by atoms with Crippen molar-refractivity contribution in [2.75, 3.05) is 7.11 Å². The molecule has 0 saturated heterocycles. The molecule has 0 aliphatic carbocycles. The Bertz CT molecular complexity index is 802. The maximum Gasteiger partial charge on any atom is 0.308 e. The van der Waals surface area contributed by atoms with Gasteiger partial charge in [-0.05, 0) is 44.5 Å². The third kappa shape index (κ3) is 5.81. The first-order valence-electron chi connectivity index (χ1n) is 8.70. The number of benzene rings is 2. The molecular weight excluding hydrogens is 349 g/mol. The van der Waals surface area contributed by atoms with Gasteiger partial charge in [-0.3, -0.25) is 9.59 Å². The number of amides is 1. The first kappa shape index (κ1) is 20.4. The average Bonchev–Trinajstić information content (AvgIpc) is 2.61. The van der Waals surface area contributed by atoms with Crippen molar-refractivity contribution in [2.45, 2.75) is 39.3 Å². The molecule has 1 unspecified atom stereocenters. The van der Waals surface area contributed by atoms with E-state index in [0.717, 1.165) is 17.2 Å². The number of ether oxygens (including phenoxy) is 2. The number of nitrogens with one attached hydrogen (secondary N) is 1. The summed E-state index contributed by atoms with van der Waals surface area (Å²) in [4.78, 5) is 24.7. The lowest BCUT2D eigenvalue weighted by Gasteiger charge is -2.20. The van der Waals surface area contributed by atoms with E-state index in [1.165, 1.54) is 19.2 Å². The molecule has 0 aromatic heterocycles. The van der Waals surface area contributed by atoms with Crippen molar-refractivity contribution in [1.82, 2.24) is 5.32 Å². The number of halogens is 1. The van der Waals surface area contributed by atoms with Gasteiger partial charge in [0.05, 0.1) is 25.7 Å². The lowest BCUT2D eigenvalue weighted by Crippen LogP contribution is -2.31. The lowest BCUT2D eigenvalue weighted by atomic mass is 10.0. The van der Waals surface area contributed by atoms with Crippen molar-refractivity contribution in [1.29, 1.82) is 0 Å². The molecule has 6 heteroatoms. The molecule has 144 valence electrons.